The summed E-state index contributed by atoms with van der Waals surface area (Å²) in [6.07, 6.45) is -2.12. The van der Waals surface area contributed by atoms with Crippen LogP contribution in [0.3, 0.4) is 0 Å². The maximum absolute atomic E-state index is 12.6. The fourth-order valence-electron chi connectivity index (χ4n) is 2.22. The lowest BCUT2D eigenvalue weighted by Crippen LogP contribution is -2.31. The Bertz CT molecular complexity index is 512. The van der Waals surface area contributed by atoms with Gasteiger partial charge >= 0.3 is 6.18 Å². The number of benzene rings is 1. The summed E-state index contributed by atoms with van der Waals surface area (Å²) in [6.45, 7) is 2.04. The molecule has 5 heteroatoms. The van der Waals surface area contributed by atoms with Crippen molar-refractivity contribution in [1.29, 1.82) is 5.26 Å². The SMILES string of the molecule is CC(C1CC1)N(C)c1ccc(C(F)(F)F)cc1C#N. The molecule has 0 heterocycles. The molecule has 1 aromatic carbocycles. The van der Waals surface area contributed by atoms with Gasteiger partial charge in [0.25, 0.3) is 0 Å². The van der Waals surface area contributed by atoms with Gasteiger partial charge in [0.05, 0.1) is 16.8 Å². The van der Waals surface area contributed by atoms with Crippen LogP contribution in [-0.2, 0) is 6.18 Å². The molecule has 1 atom stereocenters. The van der Waals surface area contributed by atoms with Gasteiger partial charge in [0.15, 0.2) is 0 Å². The third-order valence-electron chi connectivity index (χ3n) is 3.74. The molecular weight excluding hydrogens is 253 g/mol. The van der Waals surface area contributed by atoms with Crippen molar-refractivity contribution in [2.24, 2.45) is 5.92 Å². The summed E-state index contributed by atoms with van der Waals surface area (Å²) in [4.78, 5) is 1.90. The standard InChI is InChI=1S/C14H15F3N2/c1-9(10-3-4-10)19(2)13-6-5-12(14(15,16)17)7-11(13)8-18/h5-7,9-10H,3-4H2,1-2H3. The van der Waals surface area contributed by atoms with Crippen LogP contribution in [0.5, 0.6) is 0 Å². The Kier molecular flexibility index (Phi) is 3.44. The summed E-state index contributed by atoms with van der Waals surface area (Å²) in [5.41, 5.74) is -0.139. The van der Waals surface area contributed by atoms with E-state index in [0.717, 1.165) is 25.0 Å². The number of anilines is 1. The average molecular weight is 268 g/mol. The van der Waals surface area contributed by atoms with Gasteiger partial charge in [0.1, 0.15) is 6.07 Å². The van der Waals surface area contributed by atoms with Gasteiger partial charge in [-0.15, -0.1) is 0 Å². The predicted octanol–water partition coefficient (Wildman–Crippen LogP) is 3.81. The van der Waals surface area contributed by atoms with Crippen LogP contribution in [0.15, 0.2) is 18.2 Å². The van der Waals surface area contributed by atoms with Crippen LogP contribution in [0.25, 0.3) is 0 Å². The van der Waals surface area contributed by atoms with Crippen LogP contribution < -0.4 is 4.90 Å². The molecule has 2 nitrogen and oxygen atoms in total. The first-order valence-corrected chi connectivity index (χ1v) is 6.18. The Morgan fingerprint density at radius 2 is 2.00 bits per heavy atom. The van der Waals surface area contributed by atoms with E-state index in [0.29, 0.717) is 11.6 Å². The minimum absolute atomic E-state index is 0.0739. The highest BCUT2D eigenvalue weighted by Crippen LogP contribution is 2.38. The first kappa shape index (κ1) is 13.7. The average Bonchev–Trinajstić information content (AvgIpc) is 3.19. The molecule has 0 N–H and O–H groups in total. The van der Waals surface area contributed by atoms with E-state index in [1.165, 1.54) is 6.07 Å². The molecule has 1 fully saturated rings. The molecule has 1 aliphatic carbocycles. The van der Waals surface area contributed by atoms with E-state index in [4.69, 9.17) is 5.26 Å². The second-order valence-electron chi connectivity index (χ2n) is 5.03. The van der Waals surface area contributed by atoms with Crippen molar-refractivity contribution in [1.82, 2.24) is 0 Å². The number of nitriles is 1. The number of rotatable bonds is 3. The van der Waals surface area contributed by atoms with Crippen molar-refractivity contribution in [3.63, 3.8) is 0 Å². The van der Waals surface area contributed by atoms with Crippen LogP contribution in [0.4, 0.5) is 18.9 Å². The van der Waals surface area contributed by atoms with Crippen LogP contribution in [0.1, 0.15) is 30.9 Å². The Hall–Kier alpha value is -1.70. The minimum atomic E-state index is -4.41. The molecule has 2 rings (SSSR count). The quantitative estimate of drug-likeness (QED) is 0.833. The lowest BCUT2D eigenvalue weighted by Gasteiger charge is -2.28. The molecule has 0 amide bonds. The van der Waals surface area contributed by atoms with Crippen LogP contribution >= 0.6 is 0 Å². The smallest absolute Gasteiger partial charge is 0.371 e. The lowest BCUT2D eigenvalue weighted by molar-refractivity contribution is -0.137. The molecule has 1 unspecified atom stereocenters. The van der Waals surface area contributed by atoms with Gasteiger partial charge in [-0.2, -0.15) is 18.4 Å². The molecule has 0 spiro atoms. The van der Waals surface area contributed by atoms with Crippen LogP contribution in [0.2, 0.25) is 0 Å². The second-order valence-corrected chi connectivity index (χ2v) is 5.03. The third kappa shape index (κ3) is 2.83. The van der Waals surface area contributed by atoms with Gasteiger partial charge < -0.3 is 4.90 Å². The second kappa shape index (κ2) is 4.76. The zero-order valence-electron chi connectivity index (χ0n) is 10.8. The van der Waals surface area contributed by atoms with Crippen LogP contribution in [0, 0.1) is 17.2 Å². The Morgan fingerprint density at radius 3 is 2.47 bits per heavy atom. The summed E-state index contributed by atoms with van der Waals surface area (Å²) in [7, 11) is 1.83. The van der Waals surface area contributed by atoms with Gasteiger partial charge in [-0.3, -0.25) is 0 Å². The Balaban J connectivity index is 2.33. The summed E-state index contributed by atoms with van der Waals surface area (Å²) in [6, 6.07) is 5.45. The van der Waals surface area contributed by atoms with E-state index in [-0.39, 0.29) is 11.6 Å². The van der Waals surface area contributed by atoms with Crippen molar-refractivity contribution in [3.05, 3.63) is 29.3 Å². The molecule has 0 aliphatic heterocycles. The highest BCUT2D eigenvalue weighted by Gasteiger charge is 2.33. The molecule has 0 bridgehead atoms. The van der Waals surface area contributed by atoms with Crippen molar-refractivity contribution < 1.29 is 13.2 Å². The monoisotopic (exact) mass is 268 g/mol. The highest BCUT2D eigenvalue weighted by atomic mass is 19.4. The Labute approximate surface area is 110 Å². The van der Waals surface area contributed by atoms with E-state index >= 15 is 0 Å². The first-order chi connectivity index (χ1) is 8.84. The maximum Gasteiger partial charge on any atom is 0.416 e. The van der Waals surface area contributed by atoms with Gasteiger partial charge in [0, 0.05) is 13.1 Å². The topological polar surface area (TPSA) is 27.0 Å². The number of halogens is 3. The van der Waals surface area contributed by atoms with E-state index in [1.807, 2.05) is 24.9 Å². The molecule has 0 saturated heterocycles. The summed E-state index contributed by atoms with van der Waals surface area (Å²) < 4.78 is 37.8. The molecular formula is C14H15F3N2. The van der Waals surface area contributed by atoms with Crippen molar-refractivity contribution >= 4 is 5.69 Å². The first-order valence-electron chi connectivity index (χ1n) is 6.18. The van der Waals surface area contributed by atoms with Crippen molar-refractivity contribution in [2.45, 2.75) is 32.0 Å². The maximum atomic E-state index is 12.6. The summed E-state index contributed by atoms with van der Waals surface area (Å²) in [5.74, 6) is 0.582. The largest absolute Gasteiger partial charge is 0.416 e. The number of hydrogen-bond donors (Lipinski definition) is 0. The lowest BCUT2D eigenvalue weighted by atomic mass is 10.1. The fraction of sp³-hybridized carbons (Fsp3) is 0.500. The predicted molar refractivity (Wildman–Crippen MR) is 66.7 cm³/mol. The third-order valence-corrected chi connectivity index (χ3v) is 3.74. The summed E-state index contributed by atoms with van der Waals surface area (Å²) in [5, 5.41) is 9.05. The zero-order valence-corrected chi connectivity index (χ0v) is 10.8. The normalized spacial score (nSPS) is 16.8. The van der Waals surface area contributed by atoms with E-state index in [9.17, 15) is 13.2 Å². The van der Waals surface area contributed by atoms with Crippen LogP contribution in [-0.4, -0.2) is 13.1 Å². The van der Waals surface area contributed by atoms with Gasteiger partial charge in [-0.1, -0.05) is 0 Å². The minimum Gasteiger partial charge on any atom is -0.371 e. The Morgan fingerprint density at radius 1 is 1.37 bits per heavy atom. The number of nitrogens with zero attached hydrogens (tertiary/aromatic N) is 2. The molecule has 1 saturated carbocycles. The van der Waals surface area contributed by atoms with E-state index in [2.05, 4.69) is 0 Å². The molecule has 0 aromatic heterocycles. The van der Waals surface area contributed by atoms with Crippen molar-refractivity contribution in [3.8, 4) is 6.07 Å². The molecule has 1 aromatic rings. The summed E-state index contributed by atoms with van der Waals surface area (Å²) >= 11 is 0. The highest BCUT2D eigenvalue weighted by molar-refractivity contribution is 5.61. The van der Waals surface area contributed by atoms with Gasteiger partial charge in [-0.25, -0.2) is 0 Å². The van der Waals surface area contributed by atoms with Gasteiger partial charge in [0.2, 0.25) is 0 Å². The molecule has 0 radical (unpaired) electrons. The van der Waals surface area contributed by atoms with E-state index < -0.39 is 11.7 Å². The fourth-order valence-corrected chi connectivity index (χ4v) is 2.22. The molecule has 1 aliphatic rings. The number of hydrogen-bond acceptors (Lipinski definition) is 2. The van der Waals surface area contributed by atoms with Gasteiger partial charge in [-0.05, 0) is 43.9 Å². The zero-order chi connectivity index (χ0) is 14.2. The molecule has 102 valence electrons. The number of alkyl halides is 3. The molecule has 19 heavy (non-hydrogen) atoms. The van der Waals surface area contributed by atoms with Crippen molar-refractivity contribution in [2.75, 3.05) is 11.9 Å². The van der Waals surface area contributed by atoms with E-state index in [1.54, 1.807) is 0 Å².